The second kappa shape index (κ2) is 7.91. The Kier molecular flexibility index (Phi) is 5.42. The first-order chi connectivity index (χ1) is 12.2. The number of piperazine rings is 1. The zero-order chi connectivity index (χ0) is 17.6. The monoisotopic (exact) mass is 334 g/mol. The average Bonchev–Trinajstić information content (AvgIpc) is 2.70. The summed E-state index contributed by atoms with van der Waals surface area (Å²) in [6.07, 6.45) is 4.26. The van der Waals surface area contributed by atoms with Gasteiger partial charge in [-0.3, -0.25) is 14.7 Å². The van der Waals surface area contributed by atoms with Crippen molar-refractivity contribution in [3.8, 4) is 6.07 Å². The minimum absolute atomic E-state index is 0.0304. The Morgan fingerprint density at radius 3 is 2.32 bits per heavy atom. The summed E-state index contributed by atoms with van der Waals surface area (Å²) in [5, 5.41) is 9.63. The topological polar surface area (TPSA) is 60.2 Å². The van der Waals surface area contributed by atoms with Crippen LogP contribution in [-0.2, 0) is 6.42 Å². The third kappa shape index (κ3) is 3.86. The molecule has 5 nitrogen and oxygen atoms in total. The molecule has 1 saturated heterocycles. The highest BCUT2D eigenvalue weighted by Crippen LogP contribution is 2.22. The molecule has 0 aliphatic carbocycles. The molecule has 128 valence electrons. The van der Waals surface area contributed by atoms with Crippen molar-refractivity contribution < 1.29 is 4.79 Å². The van der Waals surface area contributed by atoms with E-state index in [9.17, 15) is 10.1 Å². The van der Waals surface area contributed by atoms with E-state index in [0.29, 0.717) is 31.7 Å². The van der Waals surface area contributed by atoms with Gasteiger partial charge in [0, 0.05) is 44.1 Å². The molecule has 0 saturated carbocycles. The van der Waals surface area contributed by atoms with Gasteiger partial charge < -0.3 is 4.90 Å². The van der Waals surface area contributed by atoms with E-state index in [-0.39, 0.29) is 11.9 Å². The lowest BCUT2D eigenvalue weighted by Gasteiger charge is -2.37. The van der Waals surface area contributed by atoms with Crippen molar-refractivity contribution in [1.82, 2.24) is 14.8 Å². The molecule has 0 spiro atoms. The molecule has 1 atom stereocenters. The Morgan fingerprint density at radius 2 is 1.76 bits per heavy atom. The highest BCUT2D eigenvalue weighted by Gasteiger charge is 2.27. The van der Waals surface area contributed by atoms with Gasteiger partial charge in [-0.1, -0.05) is 31.2 Å². The molecule has 0 N–H and O–H groups in total. The fourth-order valence-electron chi connectivity index (χ4n) is 3.16. The van der Waals surface area contributed by atoms with E-state index in [1.807, 2.05) is 17.0 Å². The predicted octanol–water partition coefficient (Wildman–Crippen LogP) is 2.67. The maximum Gasteiger partial charge on any atom is 0.254 e. The zero-order valence-electron chi connectivity index (χ0n) is 14.4. The lowest BCUT2D eigenvalue weighted by Crippen LogP contribution is -2.49. The highest BCUT2D eigenvalue weighted by atomic mass is 16.2. The maximum atomic E-state index is 12.5. The van der Waals surface area contributed by atoms with Crippen LogP contribution in [0.1, 0.15) is 34.5 Å². The Balaban J connectivity index is 1.64. The number of pyridine rings is 1. The van der Waals surface area contributed by atoms with E-state index in [1.54, 1.807) is 24.5 Å². The van der Waals surface area contributed by atoms with E-state index in [1.165, 1.54) is 5.56 Å². The van der Waals surface area contributed by atoms with Crippen LogP contribution in [0.5, 0.6) is 0 Å². The van der Waals surface area contributed by atoms with Gasteiger partial charge in [-0.25, -0.2) is 0 Å². The van der Waals surface area contributed by atoms with Gasteiger partial charge >= 0.3 is 0 Å². The number of hydrogen-bond donors (Lipinski definition) is 0. The van der Waals surface area contributed by atoms with E-state index in [2.05, 4.69) is 35.0 Å². The number of nitriles is 1. The average molecular weight is 334 g/mol. The molecule has 25 heavy (non-hydrogen) atoms. The SMILES string of the molecule is CCc1ccc(C(C#N)N2CCN(C(=O)c3ccncc3)CC2)cc1. The molecule has 1 aromatic heterocycles. The lowest BCUT2D eigenvalue weighted by atomic mass is 10.0. The Morgan fingerprint density at radius 1 is 1.12 bits per heavy atom. The summed E-state index contributed by atoms with van der Waals surface area (Å²) in [5.41, 5.74) is 2.96. The molecule has 2 heterocycles. The van der Waals surface area contributed by atoms with Crippen molar-refractivity contribution in [2.75, 3.05) is 26.2 Å². The van der Waals surface area contributed by atoms with Crippen molar-refractivity contribution in [3.05, 3.63) is 65.5 Å². The third-order valence-electron chi connectivity index (χ3n) is 4.72. The number of benzene rings is 1. The summed E-state index contributed by atoms with van der Waals surface area (Å²) in [7, 11) is 0. The first-order valence-electron chi connectivity index (χ1n) is 8.64. The van der Waals surface area contributed by atoms with Crippen LogP contribution in [0.4, 0.5) is 0 Å². The molecule has 3 rings (SSSR count). The number of carbonyl (C=O) groups excluding carboxylic acids is 1. The molecular formula is C20H22N4O. The van der Waals surface area contributed by atoms with Gasteiger partial charge in [-0.2, -0.15) is 5.26 Å². The van der Waals surface area contributed by atoms with Crippen LogP contribution in [0.25, 0.3) is 0 Å². The molecule has 2 aromatic rings. The number of hydrogen-bond acceptors (Lipinski definition) is 4. The Hall–Kier alpha value is -2.71. The van der Waals surface area contributed by atoms with Crippen LogP contribution in [0.3, 0.4) is 0 Å². The van der Waals surface area contributed by atoms with Crippen molar-refractivity contribution in [2.45, 2.75) is 19.4 Å². The standard InChI is InChI=1S/C20H22N4O/c1-2-16-3-5-17(6-4-16)19(15-21)23-11-13-24(14-12-23)20(25)18-7-9-22-10-8-18/h3-10,19H,2,11-14H2,1H3. The lowest BCUT2D eigenvalue weighted by molar-refractivity contribution is 0.0606. The molecule has 0 radical (unpaired) electrons. The number of amides is 1. The fourth-order valence-corrected chi connectivity index (χ4v) is 3.16. The van der Waals surface area contributed by atoms with Gasteiger partial charge in [0.2, 0.25) is 0 Å². The Labute approximate surface area is 148 Å². The van der Waals surface area contributed by atoms with Crippen LogP contribution in [-0.4, -0.2) is 46.9 Å². The second-order valence-electron chi connectivity index (χ2n) is 6.19. The second-order valence-corrected chi connectivity index (χ2v) is 6.19. The molecular weight excluding hydrogens is 312 g/mol. The minimum Gasteiger partial charge on any atom is -0.336 e. The van der Waals surface area contributed by atoms with Crippen LogP contribution >= 0.6 is 0 Å². The third-order valence-corrected chi connectivity index (χ3v) is 4.72. The van der Waals surface area contributed by atoms with Gasteiger partial charge in [-0.05, 0) is 29.7 Å². The molecule has 1 aliphatic rings. The number of nitrogens with zero attached hydrogens (tertiary/aromatic N) is 4. The maximum absolute atomic E-state index is 12.5. The summed E-state index contributed by atoms with van der Waals surface area (Å²) < 4.78 is 0. The smallest absolute Gasteiger partial charge is 0.254 e. The first-order valence-corrected chi connectivity index (χ1v) is 8.64. The van der Waals surface area contributed by atoms with Gasteiger partial charge in [0.25, 0.3) is 5.91 Å². The van der Waals surface area contributed by atoms with Gasteiger partial charge in [0.15, 0.2) is 0 Å². The molecule has 1 amide bonds. The quantitative estimate of drug-likeness (QED) is 0.862. The van der Waals surface area contributed by atoms with Crippen LogP contribution in [0.2, 0.25) is 0 Å². The summed E-state index contributed by atoms with van der Waals surface area (Å²) in [6, 6.07) is 13.9. The molecule has 1 fully saturated rings. The van der Waals surface area contributed by atoms with Gasteiger partial charge in [0.05, 0.1) is 6.07 Å². The van der Waals surface area contributed by atoms with E-state index in [0.717, 1.165) is 12.0 Å². The van der Waals surface area contributed by atoms with Gasteiger partial charge in [0.1, 0.15) is 6.04 Å². The summed E-state index contributed by atoms with van der Waals surface area (Å²) >= 11 is 0. The largest absolute Gasteiger partial charge is 0.336 e. The van der Waals surface area contributed by atoms with Crippen molar-refractivity contribution in [2.24, 2.45) is 0 Å². The van der Waals surface area contributed by atoms with Gasteiger partial charge in [-0.15, -0.1) is 0 Å². The van der Waals surface area contributed by atoms with E-state index >= 15 is 0 Å². The van der Waals surface area contributed by atoms with Crippen molar-refractivity contribution in [1.29, 1.82) is 5.26 Å². The fraction of sp³-hybridized carbons (Fsp3) is 0.350. The van der Waals surface area contributed by atoms with Crippen molar-refractivity contribution >= 4 is 5.91 Å². The van der Waals surface area contributed by atoms with Crippen LogP contribution in [0, 0.1) is 11.3 Å². The summed E-state index contributed by atoms with van der Waals surface area (Å²) in [5.74, 6) is 0.0304. The molecule has 5 heteroatoms. The summed E-state index contributed by atoms with van der Waals surface area (Å²) in [6.45, 7) is 4.78. The molecule has 1 aliphatic heterocycles. The minimum atomic E-state index is -0.260. The van der Waals surface area contributed by atoms with Crippen LogP contribution in [0.15, 0.2) is 48.8 Å². The summed E-state index contributed by atoms with van der Waals surface area (Å²) in [4.78, 5) is 20.4. The van der Waals surface area contributed by atoms with E-state index < -0.39 is 0 Å². The van der Waals surface area contributed by atoms with E-state index in [4.69, 9.17) is 0 Å². The number of aryl methyl sites for hydroxylation is 1. The first kappa shape index (κ1) is 17.1. The predicted molar refractivity (Wildman–Crippen MR) is 95.9 cm³/mol. The Bertz CT molecular complexity index is 744. The number of aromatic nitrogens is 1. The van der Waals surface area contributed by atoms with Crippen molar-refractivity contribution in [3.63, 3.8) is 0 Å². The molecule has 0 bridgehead atoms. The molecule has 1 aromatic carbocycles. The highest BCUT2D eigenvalue weighted by molar-refractivity contribution is 5.94. The number of rotatable bonds is 4. The zero-order valence-corrected chi connectivity index (χ0v) is 14.4. The number of carbonyl (C=O) groups is 1. The molecule has 1 unspecified atom stereocenters. The normalized spacial score (nSPS) is 16.2. The van der Waals surface area contributed by atoms with Crippen LogP contribution < -0.4 is 0 Å².